The first-order chi connectivity index (χ1) is 13.7. The van der Waals surface area contributed by atoms with E-state index in [-0.39, 0.29) is 24.5 Å². The van der Waals surface area contributed by atoms with Crippen LogP contribution in [0.5, 0.6) is 0 Å². The quantitative estimate of drug-likeness (QED) is 0.626. The molecule has 1 amide bonds. The fourth-order valence-corrected chi connectivity index (χ4v) is 2.87. The van der Waals surface area contributed by atoms with Gasteiger partial charge in [0.2, 0.25) is 0 Å². The van der Waals surface area contributed by atoms with Gasteiger partial charge in [-0.1, -0.05) is 18.2 Å². The summed E-state index contributed by atoms with van der Waals surface area (Å²) in [5.74, 6) is -1.00. The van der Waals surface area contributed by atoms with Crippen LogP contribution in [0.1, 0.15) is 34.0 Å². The molecule has 6 nitrogen and oxygen atoms in total. The number of alkyl halides is 5. The van der Waals surface area contributed by atoms with Gasteiger partial charge < -0.3 is 5.32 Å². The Morgan fingerprint density at radius 2 is 1.97 bits per heavy atom. The van der Waals surface area contributed by atoms with E-state index in [1.807, 2.05) is 0 Å². The molecule has 3 rings (SSSR count). The normalized spacial score (nSPS) is 11.8. The molecule has 0 spiro atoms. The monoisotopic (exact) mass is 413 g/mol. The van der Waals surface area contributed by atoms with Crippen molar-refractivity contribution in [3.05, 3.63) is 65.5 Å². The molecule has 0 atom stereocenters. The van der Waals surface area contributed by atoms with Crippen LogP contribution in [-0.2, 0) is 12.6 Å². The zero-order valence-corrected chi connectivity index (χ0v) is 15.1. The van der Waals surface area contributed by atoms with E-state index in [1.165, 1.54) is 12.3 Å². The Kier molecular flexibility index (Phi) is 5.66. The molecular weight excluding hydrogens is 397 g/mol. The summed E-state index contributed by atoms with van der Waals surface area (Å²) in [4.78, 5) is 16.1. The Bertz CT molecular complexity index is 1010. The van der Waals surface area contributed by atoms with Gasteiger partial charge in [-0.3, -0.25) is 9.36 Å². The smallest absolute Gasteiger partial charge is 0.351 e. The predicted molar refractivity (Wildman–Crippen MR) is 92.8 cm³/mol. The molecule has 2 aromatic heterocycles. The molecule has 0 aliphatic carbocycles. The van der Waals surface area contributed by atoms with Crippen LogP contribution in [0.2, 0.25) is 0 Å². The zero-order chi connectivity index (χ0) is 21.2. The van der Waals surface area contributed by atoms with E-state index in [1.54, 1.807) is 25.1 Å². The second-order valence-electron chi connectivity index (χ2n) is 6.14. The van der Waals surface area contributed by atoms with Crippen molar-refractivity contribution in [3.8, 4) is 5.69 Å². The van der Waals surface area contributed by atoms with Gasteiger partial charge in [0.05, 0.1) is 17.4 Å². The third-order valence-corrected chi connectivity index (χ3v) is 4.22. The molecule has 2 heterocycles. The molecule has 0 saturated heterocycles. The van der Waals surface area contributed by atoms with Crippen molar-refractivity contribution in [3.63, 3.8) is 0 Å². The highest BCUT2D eigenvalue weighted by atomic mass is 19.4. The van der Waals surface area contributed by atoms with Gasteiger partial charge in [0.1, 0.15) is 5.82 Å². The summed E-state index contributed by atoms with van der Waals surface area (Å²) in [5.41, 5.74) is -1.12. The maximum absolute atomic E-state index is 13.7. The SMILES string of the molecule is Cc1ccccc1-n1ncc(C(=O)NCCc2nccn2C(F)F)c1C(F)(F)F. The Labute approximate surface area is 162 Å². The number of imidazole rings is 1. The highest BCUT2D eigenvalue weighted by Gasteiger charge is 2.40. The number of aryl methyl sites for hydroxylation is 1. The van der Waals surface area contributed by atoms with E-state index >= 15 is 0 Å². The topological polar surface area (TPSA) is 64.7 Å². The molecule has 0 aliphatic heterocycles. The van der Waals surface area contributed by atoms with Crippen molar-refractivity contribution < 1.29 is 26.7 Å². The highest BCUT2D eigenvalue weighted by molar-refractivity contribution is 5.95. The maximum atomic E-state index is 13.7. The summed E-state index contributed by atoms with van der Waals surface area (Å²) < 4.78 is 67.9. The molecule has 154 valence electrons. The van der Waals surface area contributed by atoms with Crippen LogP contribution in [0.15, 0.2) is 42.9 Å². The second kappa shape index (κ2) is 8.02. The number of carbonyl (C=O) groups is 1. The molecule has 0 saturated carbocycles. The Morgan fingerprint density at radius 3 is 2.62 bits per heavy atom. The maximum Gasteiger partial charge on any atom is 0.434 e. The summed E-state index contributed by atoms with van der Waals surface area (Å²) in [6, 6.07) is 6.33. The van der Waals surface area contributed by atoms with Crippen LogP contribution in [0.3, 0.4) is 0 Å². The van der Waals surface area contributed by atoms with E-state index < -0.39 is 29.9 Å². The summed E-state index contributed by atoms with van der Waals surface area (Å²) in [5, 5.41) is 6.06. The summed E-state index contributed by atoms with van der Waals surface area (Å²) in [6.45, 7) is -1.34. The van der Waals surface area contributed by atoms with Crippen molar-refractivity contribution in [2.24, 2.45) is 0 Å². The third-order valence-electron chi connectivity index (χ3n) is 4.22. The average molecular weight is 413 g/mol. The van der Waals surface area contributed by atoms with Gasteiger partial charge in [-0.05, 0) is 18.6 Å². The lowest BCUT2D eigenvalue weighted by Crippen LogP contribution is -2.29. The molecule has 0 fully saturated rings. The van der Waals surface area contributed by atoms with Crippen LogP contribution >= 0.6 is 0 Å². The number of nitrogens with one attached hydrogen (secondary N) is 1. The lowest BCUT2D eigenvalue weighted by molar-refractivity contribution is -0.143. The number of hydrogen-bond donors (Lipinski definition) is 1. The Balaban J connectivity index is 1.82. The van der Waals surface area contributed by atoms with Crippen LogP contribution in [0.4, 0.5) is 22.0 Å². The number of para-hydroxylation sites is 1. The van der Waals surface area contributed by atoms with Gasteiger partial charge in [0.25, 0.3) is 5.91 Å². The number of aromatic nitrogens is 4. The van der Waals surface area contributed by atoms with Gasteiger partial charge in [0, 0.05) is 25.4 Å². The molecule has 29 heavy (non-hydrogen) atoms. The Hall–Kier alpha value is -3.24. The first kappa shape index (κ1) is 20.5. The van der Waals surface area contributed by atoms with Crippen LogP contribution in [0.25, 0.3) is 5.69 Å². The summed E-state index contributed by atoms with van der Waals surface area (Å²) in [7, 11) is 0. The van der Waals surface area contributed by atoms with Gasteiger partial charge in [-0.2, -0.15) is 27.1 Å². The number of hydrogen-bond acceptors (Lipinski definition) is 3. The summed E-state index contributed by atoms with van der Waals surface area (Å²) >= 11 is 0. The molecular formula is C18H16F5N5O. The molecule has 1 aromatic carbocycles. The number of amides is 1. The van der Waals surface area contributed by atoms with Gasteiger partial charge >= 0.3 is 12.7 Å². The minimum absolute atomic E-state index is 0.00644. The van der Waals surface area contributed by atoms with Gasteiger partial charge in [0.15, 0.2) is 5.69 Å². The fourth-order valence-electron chi connectivity index (χ4n) is 2.87. The van der Waals surface area contributed by atoms with E-state index in [9.17, 15) is 26.7 Å². The molecule has 0 aliphatic rings. The highest BCUT2D eigenvalue weighted by Crippen LogP contribution is 2.34. The summed E-state index contributed by atoms with van der Waals surface area (Å²) in [6.07, 6.45) is -1.81. The van der Waals surface area contributed by atoms with Crippen molar-refractivity contribution in [1.82, 2.24) is 24.6 Å². The van der Waals surface area contributed by atoms with Crippen LogP contribution in [0, 0.1) is 6.92 Å². The van der Waals surface area contributed by atoms with Crippen molar-refractivity contribution in [1.29, 1.82) is 0 Å². The van der Waals surface area contributed by atoms with Crippen LogP contribution < -0.4 is 5.32 Å². The molecule has 0 bridgehead atoms. The van der Waals surface area contributed by atoms with E-state index in [2.05, 4.69) is 15.4 Å². The molecule has 0 radical (unpaired) electrons. The number of nitrogens with zero attached hydrogens (tertiary/aromatic N) is 4. The standard InChI is InChI=1S/C18H16F5N5O/c1-11-4-2-3-5-13(11)28-15(18(21,22)23)12(10-26-28)16(29)25-7-6-14-24-8-9-27(14)17(19)20/h2-5,8-10,17H,6-7H2,1H3,(H,25,29). The van der Waals surface area contributed by atoms with E-state index in [4.69, 9.17) is 0 Å². The molecule has 1 N–H and O–H groups in total. The van der Waals surface area contributed by atoms with Crippen LogP contribution in [-0.4, -0.2) is 31.8 Å². The first-order valence-corrected chi connectivity index (χ1v) is 8.49. The number of rotatable bonds is 6. The van der Waals surface area contributed by atoms with Gasteiger partial charge in [-0.25, -0.2) is 9.67 Å². The number of benzene rings is 1. The van der Waals surface area contributed by atoms with Crippen molar-refractivity contribution >= 4 is 5.91 Å². The fraction of sp³-hybridized carbons (Fsp3) is 0.278. The molecule has 0 unspecified atom stereocenters. The third kappa shape index (κ3) is 4.28. The van der Waals surface area contributed by atoms with Crippen molar-refractivity contribution in [2.45, 2.75) is 26.1 Å². The molecule has 3 aromatic rings. The minimum atomic E-state index is -4.84. The van der Waals surface area contributed by atoms with Crippen molar-refractivity contribution in [2.75, 3.05) is 6.54 Å². The number of halogens is 5. The number of carbonyl (C=O) groups excluding carboxylic acids is 1. The lowest BCUT2D eigenvalue weighted by atomic mass is 10.1. The molecule has 11 heteroatoms. The van der Waals surface area contributed by atoms with Gasteiger partial charge in [-0.15, -0.1) is 0 Å². The van der Waals surface area contributed by atoms with E-state index in [0.29, 0.717) is 14.8 Å². The average Bonchev–Trinajstić information content (AvgIpc) is 3.28. The minimum Gasteiger partial charge on any atom is -0.351 e. The zero-order valence-electron chi connectivity index (χ0n) is 15.1. The lowest BCUT2D eigenvalue weighted by Gasteiger charge is -2.14. The predicted octanol–water partition coefficient (Wildman–Crippen LogP) is 3.76. The van der Waals surface area contributed by atoms with E-state index in [0.717, 1.165) is 12.4 Å². The Morgan fingerprint density at radius 1 is 1.24 bits per heavy atom. The first-order valence-electron chi connectivity index (χ1n) is 8.49. The second-order valence-corrected chi connectivity index (χ2v) is 6.14. The largest absolute Gasteiger partial charge is 0.434 e.